The van der Waals surface area contributed by atoms with Crippen molar-refractivity contribution < 1.29 is 13.2 Å². The smallest absolute Gasteiger partial charge is 0.246 e. The highest BCUT2D eigenvalue weighted by Gasteiger charge is 2.37. The summed E-state index contributed by atoms with van der Waals surface area (Å²) >= 11 is 0. The van der Waals surface area contributed by atoms with Crippen molar-refractivity contribution in [2.75, 3.05) is 13.1 Å². The number of rotatable bonds is 6. The molecule has 25 heavy (non-hydrogen) atoms. The van der Waals surface area contributed by atoms with Gasteiger partial charge < -0.3 is 4.74 Å². The Hall–Kier alpha value is -1.93. The van der Waals surface area contributed by atoms with Crippen LogP contribution in [0.1, 0.15) is 31.7 Å². The molecule has 0 amide bonds. The van der Waals surface area contributed by atoms with Crippen LogP contribution < -0.4 is 4.74 Å². The van der Waals surface area contributed by atoms with E-state index in [-0.39, 0.29) is 6.10 Å². The predicted octanol–water partition coefficient (Wildman–Crippen LogP) is 1.78. The molecule has 0 radical (unpaired) electrons. The predicted molar refractivity (Wildman–Crippen MR) is 94.0 cm³/mol. The Morgan fingerprint density at radius 2 is 2.12 bits per heavy atom. The first-order valence-electron chi connectivity index (χ1n) is 8.58. The number of pyridine rings is 1. The monoisotopic (exact) mass is 364 g/mol. The summed E-state index contributed by atoms with van der Waals surface area (Å²) in [4.78, 5) is 4.40. The molecule has 0 spiro atoms. The first-order chi connectivity index (χ1) is 12.0. The number of aryl methyl sites for hydroxylation is 2. The van der Waals surface area contributed by atoms with Crippen molar-refractivity contribution in [1.29, 1.82) is 0 Å². The zero-order valence-corrected chi connectivity index (χ0v) is 15.7. The van der Waals surface area contributed by atoms with Crippen molar-refractivity contribution in [3.63, 3.8) is 0 Å². The van der Waals surface area contributed by atoms with Crippen LogP contribution in [-0.4, -0.2) is 46.7 Å². The number of sulfonamides is 1. The van der Waals surface area contributed by atoms with E-state index in [9.17, 15) is 8.42 Å². The van der Waals surface area contributed by atoms with Gasteiger partial charge in [0.15, 0.2) is 0 Å². The topological polar surface area (TPSA) is 77.3 Å². The van der Waals surface area contributed by atoms with Crippen LogP contribution >= 0.6 is 0 Å². The Balaban J connectivity index is 1.82. The van der Waals surface area contributed by atoms with E-state index in [1.165, 1.54) is 4.31 Å². The molecule has 0 aromatic carbocycles. The second-order valence-electron chi connectivity index (χ2n) is 6.13. The number of nitrogens with zero attached hydrogens (tertiary/aromatic N) is 4. The summed E-state index contributed by atoms with van der Waals surface area (Å²) in [6, 6.07) is 3.63. The molecular weight excluding hydrogens is 340 g/mol. The van der Waals surface area contributed by atoms with Gasteiger partial charge in [0, 0.05) is 19.8 Å². The summed E-state index contributed by atoms with van der Waals surface area (Å²) in [5.41, 5.74) is 1.39. The second kappa shape index (κ2) is 7.13. The van der Waals surface area contributed by atoms with Gasteiger partial charge in [-0.1, -0.05) is 13.8 Å². The largest absolute Gasteiger partial charge is 0.487 e. The lowest BCUT2D eigenvalue weighted by Crippen LogP contribution is -2.32. The number of hydrogen-bond donors (Lipinski definition) is 0. The van der Waals surface area contributed by atoms with Gasteiger partial charge in [0.1, 0.15) is 16.7 Å². The molecule has 2 aromatic heterocycles. The van der Waals surface area contributed by atoms with Crippen LogP contribution in [0.5, 0.6) is 5.75 Å². The molecule has 3 heterocycles. The van der Waals surface area contributed by atoms with Gasteiger partial charge in [-0.2, -0.15) is 9.40 Å². The van der Waals surface area contributed by atoms with Crippen molar-refractivity contribution in [3.8, 4) is 5.75 Å². The molecule has 2 aromatic rings. The van der Waals surface area contributed by atoms with Crippen molar-refractivity contribution in [2.45, 2.75) is 44.1 Å². The summed E-state index contributed by atoms with van der Waals surface area (Å²) in [6.07, 6.45) is 5.04. The van der Waals surface area contributed by atoms with Gasteiger partial charge in [-0.3, -0.25) is 9.67 Å². The number of hydrogen-bond acceptors (Lipinski definition) is 5. The molecule has 0 N–H and O–H groups in total. The van der Waals surface area contributed by atoms with Crippen molar-refractivity contribution in [3.05, 3.63) is 35.9 Å². The molecule has 0 aliphatic carbocycles. The molecule has 1 aliphatic heterocycles. The minimum Gasteiger partial charge on any atom is -0.487 e. The summed E-state index contributed by atoms with van der Waals surface area (Å²) in [6.45, 7) is 4.68. The van der Waals surface area contributed by atoms with Gasteiger partial charge in [-0.25, -0.2) is 8.42 Å². The molecule has 0 saturated carbocycles. The maximum Gasteiger partial charge on any atom is 0.246 e. The molecule has 1 fully saturated rings. The average Bonchev–Trinajstić information content (AvgIpc) is 3.20. The van der Waals surface area contributed by atoms with E-state index in [2.05, 4.69) is 10.1 Å². The Labute approximate surface area is 148 Å². The van der Waals surface area contributed by atoms with Crippen LogP contribution in [0.25, 0.3) is 0 Å². The molecule has 1 aliphatic rings. The fourth-order valence-corrected chi connectivity index (χ4v) is 5.29. The lowest BCUT2D eigenvalue weighted by atomic mass is 10.2. The lowest BCUT2D eigenvalue weighted by molar-refractivity contribution is 0.214. The Morgan fingerprint density at radius 3 is 2.76 bits per heavy atom. The minimum absolute atomic E-state index is 0.161. The van der Waals surface area contributed by atoms with Gasteiger partial charge in [0.05, 0.1) is 24.1 Å². The van der Waals surface area contributed by atoms with Gasteiger partial charge in [0.2, 0.25) is 10.0 Å². The highest BCUT2D eigenvalue weighted by atomic mass is 32.2. The SMILES string of the molecule is CCc1nn(C)c(CC)c1S(=O)(=O)N1CC[C@@H](Oc2cccnc2)C1. The normalized spacial score (nSPS) is 18.6. The fraction of sp³-hybridized carbons (Fsp3) is 0.529. The van der Waals surface area contributed by atoms with Crippen LogP contribution in [0.2, 0.25) is 0 Å². The van der Waals surface area contributed by atoms with Crippen LogP contribution in [-0.2, 0) is 29.9 Å². The molecular formula is C17H24N4O3S. The van der Waals surface area contributed by atoms with Crippen molar-refractivity contribution in [2.24, 2.45) is 7.05 Å². The fourth-order valence-electron chi connectivity index (χ4n) is 3.27. The quantitative estimate of drug-likeness (QED) is 0.781. The summed E-state index contributed by atoms with van der Waals surface area (Å²) < 4.78 is 35.5. The zero-order valence-electron chi connectivity index (χ0n) is 14.8. The van der Waals surface area contributed by atoms with Crippen LogP contribution in [0.15, 0.2) is 29.4 Å². The first-order valence-corrected chi connectivity index (χ1v) is 10.0. The average molecular weight is 364 g/mol. The third-order valence-electron chi connectivity index (χ3n) is 4.50. The maximum absolute atomic E-state index is 13.2. The second-order valence-corrected chi connectivity index (χ2v) is 8.01. The number of ether oxygens (including phenoxy) is 1. The Kier molecular flexibility index (Phi) is 5.10. The van der Waals surface area contributed by atoms with E-state index in [0.29, 0.717) is 48.7 Å². The molecule has 0 bridgehead atoms. The highest BCUT2D eigenvalue weighted by Crippen LogP contribution is 2.28. The summed E-state index contributed by atoms with van der Waals surface area (Å²) in [5.74, 6) is 0.664. The zero-order chi connectivity index (χ0) is 18.0. The van der Waals surface area contributed by atoms with Gasteiger partial charge >= 0.3 is 0 Å². The Bertz CT molecular complexity index is 833. The van der Waals surface area contributed by atoms with E-state index in [4.69, 9.17) is 4.74 Å². The van der Waals surface area contributed by atoms with E-state index in [1.807, 2.05) is 19.9 Å². The highest BCUT2D eigenvalue weighted by molar-refractivity contribution is 7.89. The van der Waals surface area contributed by atoms with Gasteiger partial charge in [-0.05, 0) is 31.4 Å². The standard InChI is InChI=1S/C17H24N4O3S/c1-4-15-17(16(5-2)20(3)19-15)25(22,23)21-10-8-14(12-21)24-13-7-6-9-18-11-13/h6-7,9,11,14H,4-5,8,10,12H2,1-3H3/t14-/m1/s1. The van der Waals surface area contributed by atoms with Crippen molar-refractivity contribution in [1.82, 2.24) is 19.1 Å². The molecule has 1 atom stereocenters. The lowest BCUT2D eigenvalue weighted by Gasteiger charge is -2.18. The third kappa shape index (κ3) is 3.41. The molecule has 136 valence electrons. The summed E-state index contributed by atoms with van der Waals surface area (Å²) in [5, 5.41) is 4.40. The molecule has 8 heteroatoms. The molecule has 7 nitrogen and oxygen atoms in total. The number of aromatic nitrogens is 3. The van der Waals surface area contributed by atoms with Gasteiger partial charge in [0.25, 0.3) is 0 Å². The minimum atomic E-state index is -3.57. The van der Waals surface area contributed by atoms with E-state index < -0.39 is 10.0 Å². The molecule has 0 unspecified atom stereocenters. The first kappa shape index (κ1) is 17.9. The summed E-state index contributed by atoms with van der Waals surface area (Å²) in [7, 11) is -1.77. The maximum atomic E-state index is 13.2. The van der Waals surface area contributed by atoms with Crippen LogP contribution in [0, 0.1) is 0 Å². The Morgan fingerprint density at radius 1 is 1.32 bits per heavy atom. The van der Waals surface area contributed by atoms with Crippen LogP contribution in [0.4, 0.5) is 0 Å². The molecule has 1 saturated heterocycles. The van der Waals surface area contributed by atoms with E-state index in [0.717, 1.165) is 5.69 Å². The van der Waals surface area contributed by atoms with Gasteiger partial charge in [-0.15, -0.1) is 0 Å². The van der Waals surface area contributed by atoms with E-state index in [1.54, 1.807) is 30.2 Å². The van der Waals surface area contributed by atoms with Crippen LogP contribution in [0.3, 0.4) is 0 Å². The van der Waals surface area contributed by atoms with E-state index >= 15 is 0 Å². The third-order valence-corrected chi connectivity index (χ3v) is 6.50. The van der Waals surface area contributed by atoms with Crippen molar-refractivity contribution >= 4 is 10.0 Å². The molecule has 3 rings (SSSR count).